The Morgan fingerprint density at radius 3 is 2.63 bits per heavy atom. The number of benzene rings is 1. The lowest BCUT2D eigenvalue weighted by Gasteiger charge is -2.20. The van der Waals surface area contributed by atoms with Gasteiger partial charge in [0.15, 0.2) is 0 Å². The second-order valence-corrected chi connectivity index (χ2v) is 5.15. The first kappa shape index (κ1) is 15.3. The number of hydrogen-bond donors (Lipinski definition) is 4. The van der Waals surface area contributed by atoms with Gasteiger partial charge in [0.1, 0.15) is 11.4 Å². The summed E-state index contributed by atoms with van der Waals surface area (Å²) < 4.78 is 5.07. The normalized spacial score (nSPS) is 12.9. The van der Waals surface area contributed by atoms with E-state index in [2.05, 4.69) is 5.32 Å². The summed E-state index contributed by atoms with van der Waals surface area (Å²) in [4.78, 5) is 11.6. The molecule has 6 heteroatoms. The molecule has 1 rings (SSSR count). The Hall–Kier alpha value is -1.79. The van der Waals surface area contributed by atoms with Gasteiger partial charge in [0.25, 0.3) is 0 Å². The van der Waals surface area contributed by atoms with Crippen LogP contribution in [-0.2, 0) is 4.74 Å². The molecule has 5 N–H and O–H groups in total. The Bertz CT molecular complexity index is 454. The molecule has 6 nitrogen and oxygen atoms in total. The first-order valence-electron chi connectivity index (χ1n) is 5.94. The molecule has 0 saturated carbocycles. The van der Waals surface area contributed by atoms with Crippen LogP contribution in [-0.4, -0.2) is 28.5 Å². The van der Waals surface area contributed by atoms with Gasteiger partial charge < -0.3 is 20.7 Å². The topological polar surface area (TPSA) is 105 Å². The number of anilines is 1. The first-order chi connectivity index (χ1) is 8.73. The Labute approximate surface area is 112 Å². The number of phenols is 1. The van der Waals surface area contributed by atoms with Gasteiger partial charge >= 0.3 is 6.09 Å². The van der Waals surface area contributed by atoms with Gasteiger partial charge in [-0.2, -0.15) is 0 Å². The van der Waals surface area contributed by atoms with Crippen LogP contribution in [0.4, 0.5) is 10.5 Å². The predicted octanol–water partition coefficient (Wildman–Crippen LogP) is 1.73. The smallest absolute Gasteiger partial charge is 0.412 e. The summed E-state index contributed by atoms with van der Waals surface area (Å²) in [6.45, 7) is 5.26. The molecule has 1 unspecified atom stereocenters. The van der Waals surface area contributed by atoms with Crippen molar-refractivity contribution in [2.24, 2.45) is 5.73 Å². The fourth-order valence-electron chi connectivity index (χ4n) is 1.41. The zero-order chi connectivity index (χ0) is 14.6. The van der Waals surface area contributed by atoms with Gasteiger partial charge in [-0.3, -0.25) is 5.32 Å². The minimum Gasteiger partial charge on any atom is -0.506 e. The molecule has 0 spiro atoms. The van der Waals surface area contributed by atoms with Gasteiger partial charge in [-0.1, -0.05) is 6.07 Å². The minimum atomic E-state index is -0.847. The zero-order valence-electron chi connectivity index (χ0n) is 11.3. The lowest BCUT2D eigenvalue weighted by atomic mass is 10.1. The van der Waals surface area contributed by atoms with Gasteiger partial charge in [0.05, 0.1) is 11.8 Å². The minimum absolute atomic E-state index is 0.0522. The lowest BCUT2D eigenvalue weighted by molar-refractivity contribution is 0.0635. The average molecular weight is 268 g/mol. The molecule has 1 atom stereocenters. The highest BCUT2D eigenvalue weighted by molar-refractivity contribution is 5.87. The third kappa shape index (κ3) is 4.76. The van der Waals surface area contributed by atoms with E-state index in [1.807, 2.05) is 0 Å². The van der Waals surface area contributed by atoms with Crippen LogP contribution in [0.5, 0.6) is 5.75 Å². The largest absolute Gasteiger partial charge is 0.506 e. The number of hydrogen-bond acceptors (Lipinski definition) is 5. The van der Waals surface area contributed by atoms with E-state index in [4.69, 9.17) is 10.5 Å². The molecule has 0 aliphatic rings. The van der Waals surface area contributed by atoms with Crippen LogP contribution in [0, 0.1) is 0 Å². The molecule has 1 aromatic rings. The summed E-state index contributed by atoms with van der Waals surface area (Å²) >= 11 is 0. The standard InChI is InChI=1S/C13H20N2O4/c1-13(2,3)19-12(18)15-9-6-8(11(17)7-14)4-5-10(9)16/h4-6,11,16-17H,7,14H2,1-3H3,(H,15,18). The van der Waals surface area contributed by atoms with E-state index in [9.17, 15) is 15.0 Å². The zero-order valence-corrected chi connectivity index (χ0v) is 11.3. The maximum atomic E-state index is 11.6. The number of nitrogens with two attached hydrogens (primary N) is 1. The van der Waals surface area contributed by atoms with Crippen molar-refractivity contribution in [3.63, 3.8) is 0 Å². The van der Waals surface area contributed by atoms with Crippen molar-refractivity contribution in [1.29, 1.82) is 0 Å². The van der Waals surface area contributed by atoms with E-state index < -0.39 is 17.8 Å². The van der Waals surface area contributed by atoms with Gasteiger partial charge in [0, 0.05) is 6.54 Å². The molecule has 19 heavy (non-hydrogen) atoms. The maximum absolute atomic E-state index is 11.6. The first-order valence-corrected chi connectivity index (χ1v) is 5.94. The number of carbonyl (C=O) groups is 1. The third-order valence-electron chi connectivity index (χ3n) is 2.26. The number of amides is 1. The van der Waals surface area contributed by atoms with E-state index in [1.165, 1.54) is 18.2 Å². The van der Waals surface area contributed by atoms with Crippen molar-refractivity contribution < 1.29 is 19.7 Å². The number of aliphatic hydroxyl groups is 1. The second kappa shape index (κ2) is 5.90. The molecule has 0 heterocycles. The summed E-state index contributed by atoms with van der Waals surface area (Å²) in [7, 11) is 0. The number of aliphatic hydroxyl groups excluding tert-OH is 1. The summed E-state index contributed by atoms with van der Waals surface area (Å²) in [5, 5.41) is 21.7. The van der Waals surface area contributed by atoms with Gasteiger partial charge in [0.2, 0.25) is 0 Å². The molecule has 0 fully saturated rings. The maximum Gasteiger partial charge on any atom is 0.412 e. The molecule has 1 amide bonds. The van der Waals surface area contributed by atoms with Crippen molar-refractivity contribution in [3.05, 3.63) is 23.8 Å². The quantitative estimate of drug-likeness (QED) is 0.625. The van der Waals surface area contributed by atoms with Crippen molar-refractivity contribution in [3.8, 4) is 5.75 Å². The highest BCUT2D eigenvalue weighted by Gasteiger charge is 2.18. The molecule has 0 aromatic heterocycles. The molecule has 1 aromatic carbocycles. The number of ether oxygens (including phenoxy) is 1. The molecule has 0 bridgehead atoms. The molecule has 106 valence electrons. The van der Waals surface area contributed by atoms with E-state index in [0.717, 1.165) is 0 Å². The monoisotopic (exact) mass is 268 g/mol. The number of nitrogens with one attached hydrogen (secondary N) is 1. The number of aromatic hydroxyl groups is 1. The van der Waals surface area contributed by atoms with Gasteiger partial charge in [-0.25, -0.2) is 4.79 Å². The Kier molecular flexibility index (Phi) is 4.74. The average Bonchev–Trinajstić information content (AvgIpc) is 2.28. The molecule has 0 saturated heterocycles. The van der Waals surface area contributed by atoms with Crippen molar-refractivity contribution >= 4 is 11.8 Å². The molecular formula is C13H20N2O4. The number of phenolic OH excluding ortho intramolecular Hbond substituents is 1. The van der Waals surface area contributed by atoms with Crippen LogP contribution in [0.1, 0.15) is 32.4 Å². The van der Waals surface area contributed by atoms with Crippen LogP contribution in [0.3, 0.4) is 0 Å². The van der Waals surface area contributed by atoms with E-state index in [-0.39, 0.29) is 18.0 Å². The molecule has 0 radical (unpaired) electrons. The Morgan fingerprint density at radius 2 is 2.11 bits per heavy atom. The summed E-state index contributed by atoms with van der Waals surface area (Å²) in [5.74, 6) is -0.112. The lowest BCUT2D eigenvalue weighted by Crippen LogP contribution is -2.27. The highest BCUT2D eigenvalue weighted by Crippen LogP contribution is 2.27. The van der Waals surface area contributed by atoms with Gasteiger partial charge in [-0.15, -0.1) is 0 Å². The van der Waals surface area contributed by atoms with Crippen LogP contribution < -0.4 is 11.1 Å². The molecular weight excluding hydrogens is 248 g/mol. The third-order valence-corrected chi connectivity index (χ3v) is 2.26. The van der Waals surface area contributed by atoms with Crippen LogP contribution in [0.25, 0.3) is 0 Å². The van der Waals surface area contributed by atoms with Crippen LogP contribution in [0.15, 0.2) is 18.2 Å². The van der Waals surface area contributed by atoms with Crippen LogP contribution >= 0.6 is 0 Å². The molecule has 0 aliphatic heterocycles. The Morgan fingerprint density at radius 1 is 1.47 bits per heavy atom. The number of rotatable bonds is 3. The van der Waals surface area contributed by atoms with Crippen LogP contribution in [0.2, 0.25) is 0 Å². The Balaban J connectivity index is 2.85. The predicted molar refractivity (Wildman–Crippen MR) is 72.0 cm³/mol. The second-order valence-electron chi connectivity index (χ2n) is 5.15. The van der Waals surface area contributed by atoms with Crippen molar-refractivity contribution in [2.45, 2.75) is 32.5 Å². The fraction of sp³-hybridized carbons (Fsp3) is 0.462. The fourth-order valence-corrected chi connectivity index (χ4v) is 1.41. The summed E-state index contributed by atoms with van der Waals surface area (Å²) in [6.07, 6.45) is -1.53. The van der Waals surface area contributed by atoms with E-state index in [1.54, 1.807) is 20.8 Å². The SMILES string of the molecule is CC(C)(C)OC(=O)Nc1cc(C(O)CN)ccc1O. The summed E-state index contributed by atoms with van der Waals surface area (Å²) in [5.41, 5.74) is 5.39. The van der Waals surface area contributed by atoms with E-state index >= 15 is 0 Å². The van der Waals surface area contributed by atoms with Crippen molar-refractivity contribution in [2.75, 3.05) is 11.9 Å². The summed E-state index contributed by atoms with van der Waals surface area (Å²) in [6, 6.07) is 4.37. The van der Waals surface area contributed by atoms with Gasteiger partial charge in [-0.05, 0) is 38.5 Å². The number of carbonyl (C=O) groups excluding carboxylic acids is 1. The highest BCUT2D eigenvalue weighted by atomic mass is 16.6. The van der Waals surface area contributed by atoms with E-state index in [0.29, 0.717) is 5.56 Å². The molecule has 0 aliphatic carbocycles. The van der Waals surface area contributed by atoms with Crippen molar-refractivity contribution in [1.82, 2.24) is 0 Å².